The van der Waals surface area contributed by atoms with E-state index in [2.05, 4.69) is 16.0 Å². The molecule has 1 amide bonds. The summed E-state index contributed by atoms with van der Waals surface area (Å²) in [6, 6.07) is 12.6. The molecule has 0 bridgehead atoms. The molecule has 0 aliphatic heterocycles. The Morgan fingerprint density at radius 3 is 2.43 bits per heavy atom. The Morgan fingerprint density at radius 1 is 1.14 bits per heavy atom. The summed E-state index contributed by atoms with van der Waals surface area (Å²) in [5, 5.41) is 18.9. The van der Waals surface area contributed by atoms with Gasteiger partial charge in [-0.05, 0) is 36.8 Å². The monoisotopic (exact) mass is 460 g/mol. The van der Waals surface area contributed by atoms with Gasteiger partial charge >= 0.3 is 0 Å². The average molecular weight is 462 g/mol. The Kier molecular flexibility index (Phi) is 7.42. The van der Waals surface area contributed by atoms with Crippen molar-refractivity contribution in [3.63, 3.8) is 0 Å². The molecule has 0 aliphatic carbocycles. The van der Waals surface area contributed by atoms with Crippen molar-refractivity contribution in [3.8, 4) is 0 Å². The zero-order valence-electron chi connectivity index (χ0n) is 14.4. The van der Waals surface area contributed by atoms with Gasteiger partial charge < -0.3 is 16.0 Å². The molecule has 0 saturated carbocycles. The minimum absolute atomic E-state index is 0.00177. The lowest BCUT2D eigenvalue weighted by molar-refractivity contribution is -0.384. The molecule has 2 rings (SSSR count). The van der Waals surface area contributed by atoms with Crippen molar-refractivity contribution in [2.45, 2.75) is 16.9 Å². The maximum atomic E-state index is 12.5. The minimum atomic E-state index is -1.92. The molecule has 0 aromatic heterocycles. The van der Waals surface area contributed by atoms with E-state index in [-0.39, 0.29) is 10.8 Å². The predicted molar refractivity (Wildman–Crippen MR) is 115 cm³/mol. The molecule has 1 unspecified atom stereocenters. The SMILES string of the molecule is Cc1ccccc1C(=O)NC(NC(=S)Nc1cccc([N+](=O)[O-])c1)C(Cl)(Cl)Cl. The quantitative estimate of drug-likeness (QED) is 0.202. The third-order valence-electron chi connectivity index (χ3n) is 3.58. The van der Waals surface area contributed by atoms with Crippen molar-refractivity contribution in [1.82, 2.24) is 10.6 Å². The fourth-order valence-electron chi connectivity index (χ4n) is 2.23. The average Bonchev–Trinajstić information content (AvgIpc) is 2.60. The number of halogens is 3. The molecule has 3 N–H and O–H groups in total. The summed E-state index contributed by atoms with van der Waals surface area (Å²) in [6.45, 7) is 1.78. The number of amides is 1. The highest BCUT2D eigenvalue weighted by molar-refractivity contribution is 7.80. The highest BCUT2D eigenvalue weighted by atomic mass is 35.6. The van der Waals surface area contributed by atoms with Gasteiger partial charge in [0.15, 0.2) is 5.11 Å². The van der Waals surface area contributed by atoms with Crippen LogP contribution in [0, 0.1) is 17.0 Å². The van der Waals surface area contributed by atoms with Crippen LogP contribution in [0.15, 0.2) is 48.5 Å². The summed E-state index contributed by atoms with van der Waals surface area (Å²) in [7, 11) is 0. The summed E-state index contributed by atoms with van der Waals surface area (Å²) >= 11 is 23.1. The van der Waals surface area contributed by atoms with Crippen molar-refractivity contribution in [2.24, 2.45) is 0 Å². The molecular formula is C17H15Cl3N4O3S. The van der Waals surface area contributed by atoms with Crippen LogP contribution in [0.5, 0.6) is 0 Å². The van der Waals surface area contributed by atoms with Gasteiger partial charge in [-0.15, -0.1) is 0 Å². The Balaban J connectivity index is 2.11. The first kappa shape index (κ1) is 22.2. The van der Waals surface area contributed by atoms with E-state index in [0.29, 0.717) is 11.3 Å². The van der Waals surface area contributed by atoms with Gasteiger partial charge in [0.2, 0.25) is 3.79 Å². The number of thiocarbonyl (C=S) groups is 1. The number of carbonyl (C=O) groups excluding carboxylic acids is 1. The Hall–Kier alpha value is -2.13. The molecule has 0 heterocycles. The summed E-state index contributed by atoms with van der Waals surface area (Å²) in [4.78, 5) is 22.8. The number of hydrogen-bond acceptors (Lipinski definition) is 4. The standard InChI is InChI=1S/C17H15Cl3N4O3S/c1-10-5-2-3-8-13(10)14(25)22-15(17(18,19)20)23-16(28)21-11-6-4-7-12(9-11)24(26)27/h2-9,15H,1H3,(H,22,25)(H2,21,23,28). The molecule has 0 spiro atoms. The van der Waals surface area contributed by atoms with Crippen LogP contribution < -0.4 is 16.0 Å². The number of alkyl halides is 3. The van der Waals surface area contributed by atoms with Crippen LogP contribution in [0.1, 0.15) is 15.9 Å². The van der Waals surface area contributed by atoms with Crippen LogP contribution in [0.3, 0.4) is 0 Å². The van der Waals surface area contributed by atoms with E-state index in [1.165, 1.54) is 18.2 Å². The molecule has 2 aromatic carbocycles. The number of nitrogens with zero attached hydrogens (tertiary/aromatic N) is 1. The first-order valence-electron chi connectivity index (χ1n) is 7.83. The van der Waals surface area contributed by atoms with Crippen molar-refractivity contribution in [3.05, 3.63) is 69.8 Å². The number of non-ortho nitro benzene ring substituents is 1. The Bertz CT molecular complexity index is 905. The van der Waals surface area contributed by atoms with Gasteiger partial charge in [0.05, 0.1) is 4.92 Å². The Labute approximate surface area is 181 Å². The summed E-state index contributed by atoms with van der Waals surface area (Å²) < 4.78 is -1.92. The lowest BCUT2D eigenvalue weighted by Crippen LogP contribution is -2.56. The zero-order valence-corrected chi connectivity index (χ0v) is 17.5. The van der Waals surface area contributed by atoms with E-state index >= 15 is 0 Å². The van der Waals surface area contributed by atoms with Gasteiger partial charge in [0, 0.05) is 23.4 Å². The maximum absolute atomic E-state index is 12.5. The highest BCUT2D eigenvalue weighted by Crippen LogP contribution is 2.29. The number of nitro groups is 1. The van der Waals surface area contributed by atoms with Gasteiger partial charge in [-0.2, -0.15) is 0 Å². The summed E-state index contributed by atoms with van der Waals surface area (Å²) in [5.41, 5.74) is 1.42. The lowest BCUT2D eigenvalue weighted by Gasteiger charge is -2.28. The minimum Gasteiger partial charge on any atom is -0.339 e. The molecule has 0 fully saturated rings. The molecule has 11 heteroatoms. The number of rotatable bonds is 5. The number of benzene rings is 2. The van der Waals surface area contributed by atoms with Gasteiger partial charge in [0.1, 0.15) is 6.17 Å². The van der Waals surface area contributed by atoms with Crippen molar-refractivity contribution >= 4 is 69.4 Å². The third-order valence-corrected chi connectivity index (χ3v) is 4.46. The van der Waals surface area contributed by atoms with Crippen molar-refractivity contribution in [2.75, 3.05) is 5.32 Å². The molecule has 28 heavy (non-hydrogen) atoms. The molecule has 1 atom stereocenters. The first-order chi connectivity index (χ1) is 13.1. The fraction of sp³-hybridized carbons (Fsp3) is 0.176. The second-order valence-corrected chi connectivity index (χ2v) is 8.45. The van der Waals surface area contributed by atoms with Crippen LogP contribution in [-0.4, -0.2) is 25.9 Å². The van der Waals surface area contributed by atoms with Gasteiger partial charge in [-0.1, -0.05) is 59.1 Å². The van der Waals surface area contributed by atoms with E-state index in [1.54, 1.807) is 37.3 Å². The number of nitrogens with one attached hydrogen (secondary N) is 3. The fourth-order valence-corrected chi connectivity index (χ4v) is 2.79. The predicted octanol–water partition coefficient (Wildman–Crippen LogP) is 4.32. The third kappa shape index (κ3) is 6.20. The van der Waals surface area contributed by atoms with Gasteiger partial charge in [0.25, 0.3) is 11.6 Å². The normalized spacial score (nSPS) is 12.0. The topological polar surface area (TPSA) is 96.3 Å². The number of carbonyl (C=O) groups is 1. The van der Waals surface area contributed by atoms with Crippen LogP contribution in [0.4, 0.5) is 11.4 Å². The first-order valence-corrected chi connectivity index (χ1v) is 9.37. The molecule has 7 nitrogen and oxygen atoms in total. The van der Waals surface area contributed by atoms with Crippen LogP contribution in [0.25, 0.3) is 0 Å². The molecule has 0 aliphatic rings. The van der Waals surface area contributed by atoms with E-state index in [4.69, 9.17) is 47.0 Å². The molecule has 2 aromatic rings. The van der Waals surface area contributed by atoms with E-state index in [0.717, 1.165) is 5.56 Å². The molecule has 148 valence electrons. The number of nitro benzene ring substituents is 1. The zero-order chi connectivity index (χ0) is 20.9. The summed E-state index contributed by atoms with van der Waals surface area (Å²) in [5.74, 6) is -0.458. The number of hydrogen-bond donors (Lipinski definition) is 3. The highest BCUT2D eigenvalue weighted by Gasteiger charge is 2.35. The van der Waals surface area contributed by atoms with E-state index in [9.17, 15) is 14.9 Å². The molecule has 0 radical (unpaired) electrons. The van der Waals surface area contributed by atoms with Crippen LogP contribution >= 0.6 is 47.0 Å². The van der Waals surface area contributed by atoms with Crippen molar-refractivity contribution in [1.29, 1.82) is 0 Å². The number of aryl methyl sites for hydroxylation is 1. The van der Waals surface area contributed by atoms with Crippen molar-refractivity contribution < 1.29 is 9.72 Å². The van der Waals surface area contributed by atoms with Crippen LogP contribution in [0.2, 0.25) is 0 Å². The van der Waals surface area contributed by atoms with Crippen LogP contribution in [-0.2, 0) is 0 Å². The maximum Gasteiger partial charge on any atom is 0.271 e. The van der Waals surface area contributed by atoms with Gasteiger partial charge in [-0.25, -0.2) is 0 Å². The lowest BCUT2D eigenvalue weighted by atomic mass is 10.1. The number of anilines is 1. The smallest absolute Gasteiger partial charge is 0.271 e. The molecule has 0 saturated heterocycles. The second-order valence-electron chi connectivity index (χ2n) is 5.67. The second kappa shape index (κ2) is 9.38. The van der Waals surface area contributed by atoms with Gasteiger partial charge in [-0.3, -0.25) is 14.9 Å². The summed E-state index contributed by atoms with van der Waals surface area (Å²) in [6.07, 6.45) is -1.16. The van der Waals surface area contributed by atoms with E-state index < -0.39 is 20.8 Å². The molecular weight excluding hydrogens is 447 g/mol. The largest absolute Gasteiger partial charge is 0.339 e. The Morgan fingerprint density at radius 2 is 1.82 bits per heavy atom. The van der Waals surface area contributed by atoms with E-state index in [1.807, 2.05) is 0 Å².